The molecule has 192 valence electrons. The molecule has 3 heterocycles. The molecule has 2 aliphatic rings. The number of H-pyrrole nitrogens is 1. The van der Waals surface area contributed by atoms with Gasteiger partial charge in [0, 0.05) is 49.2 Å². The van der Waals surface area contributed by atoms with Gasteiger partial charge in [-0.15, -0.1) is 24.8 Å². The van der Waals surface area contributed by atoms with Gasteiger partial charge in [0.2, 0.25) is 0 Å². The Morgan fingerprint density at radius 3 is 2.64 bits per heavy atom. The summed E-state index contributed by atoms with van der Waals surface area (Å²) in [7, 11) is 3.47. The topological polar surface area (TPSA) is 103 Å². The predicted molar refractivity (Wildman–Crippen MR) is 145 cm³/mol. The van der Waals surface area contributed by atoms with E-state index in [1.54, 1.807) is 18.2 Å². The molecule has 2 aromatic carbocycles. The van der Waals surface area contributed by atoms with Crippen LogP contribution in [0.2, 0.25) is 0 Å². The number of carbonyl (C=O) groups is 1. The van der Waals surface area contributed by atoms with E-state index in [0.29, 0.717) is 40.1 Å². The normalized spacial score (nSPS) is 16.7. The number of fused-ring (bicyclic) bond motifs is 2. The molecule has 1 aromatic heterocycles. The maximum Gasteiger partial charge on any atom is 0.337 e. The van der Waals surface area contributed by atoms with E-state index in [0.717, 1.165) is 44.0 Å². The van der Waals surface area contributed by atoms with Gasteiger partial charge in [-0.1, -0.05) is 23.4 Å². The lowest BCUT2D eigenvalue weighted by atomic mass is 10.00. The van der Waals surface area contributed by atoms with Crippen molar-refractivity contribution in [2.24, 2.45) is 10.1 Å². The minimum atomic E-state index is -0.452. The monoisotopic (exact) mass is 533 g/mol. The number of methoxy groups -OCH3 is 1. The molecule has 5 rings (SSSR count). The second kappa shape index (κ2) is 11.7. The van der Waals surface area contributed by atoms with E-state index >= 15 is 0 Å². The molecule has 0 radical (unpaired) electrons. The average Bonchev–Trinajstić information content (AvgIpc) is 3.38. The van der Waals surface area contributed by atoms with Gasteiger partial charge in [0.1, 0.15) is 18.0 Å². The van der Waals surface area contributed by atoms with Gasteiger partial charge in [-0.3, -0.25) is 4.90 Å². The summed E-state index contributed by atoms with van der Waals surface area (Å²) in [4.78, 5) is 30.2. The Labute approximate surface area is 221 Å². The fourth-order valence-electron chi connectivity index (χ4n) is 4.35. The number of rotatable bonds is 6. The molecule has 1 fully saturated rings. The van der Waals surface area contributed by atoms with Crippen molar-refractivity contribution in [1.82, 2.24) is 14.8 Å². The Bertz CT molecular complexity index is 1300. The Kier molecular flexibility index (Phi) is 8.97. The molecule has 2 N–H and O–H groups in total. The van der Waals surface area contributed by atoms with Crippen LogP contribution >= 0.6 is 24.8 Å². The van der Waals surface area contributed by atoms with E-state index in [4.69, 9.17) is 14.6 Å². The number of nitrogens with zero attached hydrogens (tertiary/aromatic N) is 4. The Balaban J connectivity index is 0.00000180. The maximum absolute atomic E-state index is 12.1. The van der Waals surface area contributed by atoms with Gasteiger partial charge in [0.05, 0.1) is 23.9 Å². The zero-order valence-electron chi connectivity index (χ0n) is 20.1. The van der Waals surface area contributed by atoms with E-state index in [1.807, 2.05) is 24.3 Å². The van der Waals surface area contributed by atoms with Gasteiger partial charge in [0.25, 0.3) is 0 Å². The van der Waals surface area contributed by atoms with Gasteiger partial charge in [-0.2, -0.15) is 0 Å². The maximum atomic E-state index is 12.1. The Hall–Kier alpha value is -3.11. The number of ether oxygens (including phenoxy) is 1. The van der Waals surface area contributed by atoms with Crippen LogP contribution in [0.25, 0.3) is 10.9 Å². The SMILES string of the molecule is COC(=O)c1ccc2[nH]c(O)c(C3=Nc4ccccc4/C3=N\OCCN3CCN(C)CC3)c2c1.Cl.Cl. The molecule has 0 saturated carbocycles. The molecule has 1 saturated heterocycles. The summed E-state index contributed by atoms with van der Waals surface area (Å²) < 4.78 is 4.86. The molecular formula is C25H29Cl2N5O4. The fraction of sp³-hybridized carbons (Fsp3) is 0.320. The first-order valence-corrected chi connectivity index (χ1v) is 11.3. The lowest BCUT2D eigenvalue weighted by Gasteiger charge is -2.31. The van der Waals surface area contributed by atoms with E-state index < -0.39 is 5.97 Å². The number of hydrogen-bond acceptors (Lipinski definition) is 8. The summed E-state index contributed by atoms with van der Waals surface area (Å²) in [6.45, 7) is 5.36. The standard InChI is InChI=1S/C25H27N5O4.2ClH/c1-29-9-11-30(12-10-29)13-14-34-28-22-17-5-3-4-6-19(17)26-23(22)21-18-15-16(25(32)33-2)7-8-20(18)27-24(21)31;;/h3-8,15,27,31H,9-14H2,1-2H3;2*1H/b28-22+;;. The van der Waals surface area contributed by atoms with Crippen molar-refractivity contribution in [3.63, 3.8) is 0 Å². The van der Waals surface area contributed by atoms with Gasteiger partial charge in [-0.05, 0) is 31.3 Å². The van der Waals surface area contributed by atoms with Gasteiger partial charge < -0.3 is 24.6 Å². The number of aromatic hydroxyl groups is 1. The first-order valence-electron chi connectivity index (χ1n) is 11.3. The third-order valence-electron chi connectivity index (χ3n) is 6.30. The van der Waals surface area contributed by atoms with Gasteiger partial charge in [0.15, 0.2) is 5.88 Å². The van der Waals surface area contributed by atoms with Crippen LogP contribution in [0, 0.1) is 0 Å². The molecular weight excluding hydrogens is 505 g/mol. The molecule has 0 atom stereocenters. The van der Waals surface area contributed by atoms with E-state index in [1.165, 1.54) is 7.11 Å². The number of aliphatic imine (C=N–C) groups is 1. The van der Waals surface area contributed by atoms with Crippen LogP contribution in [-0.2, 0) is 9.57 Å². The lowest BCUT2D eigenvalue weighted by Crippen LogP contribution is -2.45. The molecule has 9 nitrogen and oxygen atoms in total. The summed E-state index contributed by atoms with van der Waals surface area (Å²) >= 11 is 0. The highest BCUT2D eigenvalue weighted by atomic mass is 35.5. The van der Waals surface area contributed by atoms with Crippen molar-refractivity contribution in [1.29, 1.82) is 0 Å². The average molecular weight is 534 g/mol. The summed E-state index contributed by atoms with van der Waals surface area (Å²) in [6, 6.07) is 12.7. The smallest absolute Gasteiger partial charge is 0.337 e. The summed E-state index contributed by atoms with van der Waals surface area (Å²) in [5.74, 6) is -0.500. The highest BCUT2D eigenvalue weighted by molar-refractivity contribution is 6.58. The van der Waals surface area contributed by atoms with E-state index in [9.17, 15) is 9.90 Å². The lowest BCUT2D eigenvalue weighted by molar-refractivity contribution is 0.0601. The number of likely N-dealkylation sites (N-methyl/N-ethyl adjacent to an activating group) is 1. The van der Waals surface area contributed by atoms with Crippen LogP contribution in [-0.4, -0.2) is 90.8 Å². The Morgan fingerprint density at radius 1 is 1.14 bits per heavy atom. The number of aromatic nitrogens is 1. The summed E-state index contributed by atoms with van der Waals surface area (Å²) in [5, 5.41) is 15.9. The summed E-state index contributed by atoms with van der Waals surface area (Å²) in [6.07, 6.45) is 0. The van der Waals surface area contributed by atoms with Crippen molar-refractivity contribution in [3.05, 3.63) is 59.2 Å². The van der Waals surface area contributed by atoms with Gasteiger partial charge >= 0.3 is 5.97 Å². The highest BCUT2D eigenvalue weighted by Crippen LogP contribution is 2.36. The van der Waals surface area contributed by atoms with Crippen molar-refractivity contribution in [2.45, 2.75) is 0 Å². The van der Waals surface area contributed by atoms with Crippen molar-refractivity contribution >= 4 is 58.8 Å². The number of hydrogen-bond donors (Lipinski definition) is 2. The van der Waals surface area contributed by atoms with Crippen LogP contribution in [0.4, 0.5) is 5.69 Å². The molecule has 2 aliphatic heterocycles. The number of piperazine rings is 1. The quantitative estimate of drug-likeness (QED) is 0.285. The zero-order valence-corrected chi connectivity index (χ0v) is 21.7. The second-order valence-corrected chi connectivity index (χ2v) is 8.50. The minimum absolute atomic E-state index is 0. The molecule has 0 amide bonds. The van der Waals surface area contributed by atoms with Gasteiger partial charge in [-0.25, -0.2) is 9.79 Å². The van der Waals surface area contributed by atoms with Crippen molar-refractivity contribution in [2.75, 3.05) is 53.5 Å². The first-order chi connectivity index (χ1) is 16.5. The fourth-order valence-corrected chi connectivity index (χ4v) is 4.35. The van der Waals surface area contributed by atoms with Crippen molar-refractivity contribution in [3.8, 4) is 5.88 Å². The van der Waals surface area contributed by atoms with Crippen LogP contribution < -0.4 is 0 Å². The Morgan fingerprint density at radius 2 is 1.89 bits per heavy atom. The molecule has 36 heavy (non-hydrogen) atoms. The molecule has 0 bridgehead atoms. The minimum Gasteiger partial charge on any atom is -0.494 e. The molecule has 0 spiro atoms. The first kappa shape index (κ1) is 27.5. The van der Waals surface area contributed by atoms with Crippen LogP contribution in [0.5, 0.6) is 5.88 Å². The number of oxime groups is 1. The largest absolute Gasteiger partial charge is 0.494 e. The number of carbonyl (C=O) groups excluding carboxylic acids is 1. The third-order valence-corrected chi connectivity index (χ3v) is 6.30. The van der Waals surface area contributed by atoms with E-state index in [2.05, 4.69) is 27.0 Å². The second-order valence-electron chi connectivity index (χ2n) is 8.50. The van der Waals surface area contributed by atoms with Crippen LogP contribution in [0.1, 0.15) is 21.5 Å². The molecule has 11 heteroatoms. The molecule has 0 aliphatic carbocycles. The number of esters is 1. The zero-order chi connectivity index (χ0) is 23.7. The highest BCUT2D eigenvalue weighted by Gasteiger charge is 2.29. The molecule has 0 unspecified atom stereocenters. The number of aromatic amines is 1. The molecule has 3 aromatic rings. The number of para-hydroxylation sites is 1. The predicted octanol–water partition coefficient (Wildman–Crippen LogP) is 3.61. The van der Waals surface area contributed by atoms with Crippen LogP contribution in [0.15, 0.2) is 52.6 Å². The van der Waals surface area contributed by atoms with Crippen LogP contribution in [0.3, 0.4) is 0 Å². The number of nitrogens with one attached hydrogen (secondary N) is 1. The van der Waals surface area contributed by atoms with E-state index in [-0.39, 0.29) is 30.7 Å². The van der Waals surface area contributed by atoms with Crippen molar-refractivity contribution < 1.29 is 19.5 Å². The number of halogens is 2. The summed E-state index contributed by atoms with van der Waals surface area (Å²) in [5.41, 5.74) is 4.15. The number of benzene rings is 2. The third kappa shape index (κ3) is 5.34.